The van der Waals surface area contributed by atoms with Gasteiger partial charge in [0.2, 0.25) is 0 Å². The zero-order valence-corrected chi connectivity index (χ0v) is 14.8. The van der Waals surface area contributed by atoms with Crippen LogP contribution in [0.4, 0.5) is 0 Å². The minimum Gasteiger partial charge on any atom is -0.459 e. The zero-order chi connectivity index (χ0) is 19.2. The number of carbonyl (C=O) groups excluding carboxylic acids is 3. The first-order valence-electron chi connectivity index (χ1n) is 8.92. The normalized spacial score (nSPS) is 14.2. The van der Waals surface area contributed by atoms with Crippen molar-refractivity contribution < 1.29 is 24.2 Å². The lowest BCUT2D eigenvalue weighted by Gasteiger charge is -2.24. The van der Waals surface area contributed by atoms with Crippen LogP contribution in [0.25, 0.3) is 0 Å². The smallest absolute Gasteiger partial charge is 0.329 e. The number of imide groups is 1. The van der Waals surface area contributed by atoms with Gasteiger partial charge in [-0.25, -0.2) is 4.79 Å². The van der Waals surface area contributed by atoms with E-state index in [0.29, 0.717) is 24.0 Å². The second-order valence-corrected chi connectivity index (χ2v) is 6.35. The number of ether oxygens (including phenoxy) is 1. The van der Waals surface area contributed by atoms with Gasteiger partial charge in [0.1, 0.15) is 12.6 Å². The van der Waals surface area contributed by atoms with E-state index in [2.05, 4.69) is 0 Å². The molecule has 2 amide bonds. The summed E-state index contributed by atoms with van der Waals surface area (Å²) in [6.45, 7) is 0.0489. The van der Waals surface area contributed by atoms with Crippen molar-refractivity contribution in [3.8, 4) is 0 Å². The minimum absolute atomic E-state index is 0.0199. The Hall–Kier alpha value is -2.99. The van der Waals surface area contributed by atoms with E-state index >= 15 is 0 Å². The highest BCUT2D eigenvalue weighted by Crippen LogP contribution is 2.27. The summed E-state index contributed by atoms with van der Waals surface area (Å²) >= 11 is 0. The third-order valence-corrected chi connectivity index (χ3v) is 4.52. The Labute approximate surface area is 157 Å². The van der Waals surface area contributed by atoms with Gasteiger partial charge in [-0.15, -0.1) is 0 Å². The summed E-state index contributed by atoms with van der Waals surface area (Å²) in [6.07, 6.45) is 1.22. The number of aliphatic hydroxyl groups is 1. The first-order valence-corrected chi connectivity index (χ1v) is 8.92. The largest absolute Gasteiger partial charge is 0.459 e. The first-order chi connectivity index (χ1) is 13.1. The quantitative estimate of drug-likeness (QED) is 0.440. The van der Waals surface area contributed by atoms with Crippen LogP contribution in [0.5, 0.6) is 0 Å². The molecule has 2 aromatic carbocycles. The van der Waals surface area contributed by atoms with Gasteiger partial charge in [-0.05, 0) is 37.0 Å². The molecule has 0 aliphatic carbocycles. The van der Waals surface area contributed by atoms with Gasteiger partial charge in [0, 0.05) is 6.61 Å². The average Bonchev–Trinajstić information content (AvgIpc) is 2.95. The van der Waals surface area contributed by atoms with Crippen molar-refractivity contribution in [3.05, 3.63) is 71.3 Å². The number of benzene rings is 2. The molecule has 27 heavy (non-hydrogen) atoms. The van der Waals surface area contributed by atoms with Crippen LogP contribution in [0.3, 0.4) is 0 Å². The number of nitrogens with zero attached hydrogens (tertiary/aromatic N) is 1. The van der Waals surface area contributed by atoms with E-state index in [1.54, 1.807) is 24.3 Å². The van der Waals surface area contributed by atoms with Crippen molar-refractivity contribution in [3.63, 3.8) is 0 Å². The molecule has 0 aromatic heterocycles. The summed E-state index contributed by atoms with van der Waals surface area (Å²) in [7, 11) is 0. The lowest BCUT2D eigenvalue weighted by molar-refractivity contribution is -0.150. The molecule has 3 rings (SSSR count). The van der Waals surface area contributed by atoms with Crippen LogP contribution < -0.4 is 0 Å². The fraction of sp³-hybridized carbons (Fsp3) is 0.286. The van der Waals surface area contributed by atoms with Gasteiger partial charge in [0.05, 0.1) is 11.1 Å². The van der Waals surface area contributed by atoms with Crippen LogP contribution in [-0.4, -0.2) is 40.4 Å². The maximum atomic E-state index is 12.7. The van der Waals surface area contributed by atoms with Crippen molar-refractivity contribution in [2.75, 3.05) is 6.61 Å². The van der Waals surface area contributed by atoms with Gasteiger partial charge in [-0.3, -0.25) is 14.5 Å². The molecule has 1 aliphatic rings. The average molecular weight is 367 g/mol. The molecule has 1 heterocycles. The Bertz CT molecular complexity index is 798. The van der Waals surface area contributed by atoms with Crippen LogP contribution in [0.2, 0.25) is 0 Å². The second kappa shape index (κ2) is 8.60. The molecule has 1 atom stereocenters. The van der Waals surface area contributed by atoms with E-state index in [1.807, 2.05) is 30.3 Å². The molecule has 6 heteroatoms. The van der Waals surface area contributed by atoms with Crippen molar-refractivity contribution in [1.29, 1.82) is 0 Å². The lowest BCUT2D eigenvalue weighted by Crippen LogP contribution is -2.45. The number of hydrogen-bond acceptors (Lipinski definition) is 5. The number of esters is 1. The summed E-state index contributed by atoms with van der Waals surface area (Å²) in [6, 6.07) is 14.7. The number of aliphatic hydroxyl groups excluding tert-OH is 1. The fourth-order valence-corrected chi connectivity index (χ4v) is 3.12. The Morgan fingerprint density at radius 1 is 0.926 bits per heavy atom. The molecule has 0 radical (unpaired) electrons. The van der Waals surface area contributed by atoms with Gasteiger partial charge < -0.3 is 9.84 Å². The molecule has 1 N–H and O–H groups in total. The molecule has 0 bridgehead atoms. The van der Waals surface area contributed by atoms with E-state index in [0.717, 1.165) is 10.5 Å². The number of hydrogen-bond donors (Lipinski definition) is 1. The molecular formula is C21H21NO5. The molecule has 140 valence electrons. The second-order valence-electron chi connectivity index (χ2n) is 6.35. The summed E-state index contributed by atoms with van der Waals surface area (Å²) < 4.78 is 5.38. The molecule has 0 fully saturated rings. The van der Waals surface area contributed by atoms with Gasteiger partial charge in [-0.1, -0.05) is 42.5 Å². The van der Waals surface area contributed by atoms with Gasteiger partial charge >= 0.3 is 5.97 Å². The Kier molecular flexibility index (Phi) is 5.98. The third-order valence-electron chi connectivity index (χ3n) is 4.52. The van der Waals surface area contributed by atoms with Crippen LogP contribution in [-0.2, 0) is 16.1 Å². The molecule has 6 nitrogen and oxygen atoms in total. The Morgan fingerprint density at radius 3 is 2.11 bits per heavy atom. The number of fused-ring (bicyclic) bond motifs is 1. The molecule has 1 aliphatic heterocycles. The summed E-state index contributed by atoms with van der Waals surface area (Å²) in [5, 5.41) is 9.02. The molecule has 0 saturated heterocycles. The van der Waals surface area contributed by atoms with Crippen LogP contribution in [0.15, 0.2) is 54.6 Å². The van der Waals surface area contributed by atoms with E-state index in [-0.39, 0.29) is 19.6 Å². The molecule has 0 unspecified atom stereocenters. The highest BCUT2D eigenvalue weighted by atomic mass is 16.5. The number of unbranched alkanes of at least 4 members (excludes halogenated alkanes) is 1. The monoisotopic (exact) mass is 367 g/mol. The molecule has 2 aromatic rings. The summed E-state index contributed by atoms with van der Waals surface area (Å²) in [5.41, 5.74) is 1.42. The predicted octanol–water partition coefficient (Wildman–Crippen LogP) is 2.56. The van der Waals surface area contributed by atoms with Crippen LogP contribution >= 0.6 is 0 Å². The Morgan fingerprint density at radius 2 is 1.52 bits per heavy atom. The van der Waals surface area contributed by atoms with Crippen molar-refractivity contribution >= 4 is 17.8 Å². The maximum Gasteiger partial charge on any atom is 0.329 e. The number of amides is 2. The standard InChI is InChI=1S/C21H21NO5/c23-13-7-6-12-18(21(26)27-14-15-8-2-1-3-9-15)22-19(24)16-10-4-5-11-17(16)20(22)25/h1-5,8-11,18,23H,6-7,12-14H2/t18-/m0/s1. The van der Waals surface area contributed by atoms with E-state index in [9.17, 15) is 14.4 Å². The van der Waals surface area contributed by atoms with Crippen LogP contribution in [0, 0.1) is 0 Å². The molecule has 0 saturated carbocycles. The first kappa shape index (κ1) is 18.8. The summed E-state index contributed by atoms with van der Waals surface area (Å²) in [5.74, 6) is -1.59. The Balaban J connectivity index is 1.78. The van der Waals surface area contributed by atoms with E-state index in [4.69, 9.17) is 9.84 Å². The van der Waals surface area contributed by atoms with Gasteiger partial charge in [0.15, 0.2) is 0 Å². The topological polar surface area (TPSA) is 83.9 Å². The highest BCUT2D eigenvalue weighted by Gasteiger charge is 2.43. The van der Waals surface area contributed by atoms with E-state index in [1.165, 1.54) is 0 Å². The maximum absolute atomic E-state index is 12.7. The van der Waals surface area contributed by atoms with Gasteiger partial charge in [0.25, 0.3) is 11.8 Å². The predicted molar refractivity (Wildman–Crippen MR) is 97.9 cm³/mol. The highest BCUT2D eigenvalue weighted by molar-refractivity contribution is 6.22. The SMILES string of the molecule is O=C(OCc1ccccc1)[C@H](CCCCO)N1C(=O)c2ccccc2C1=O. The van der Waals surface area contributed by atoms with Gasteiger partial charge in [-0.2, -0.15) is 0 Å². The summed E-state index contributed by atoms with van der Waals surface area (Å²) in [4.78, 5) is 39.1. The lowest BCUT2D eigenvalue weighted by atomic mass is 10.1. The molecular weight excluding hydrogens is 346 g/mol. The van der Waals surface area contributed by atoms with Crippen molar-refractivity contribution in [1.82, 2.24) is 4.90 Å². The van der Waals surface area contributed by atoms with Crippen LogP contribution in [0.1, 0.15) is 45.5 Å². The van der Waals surface area contributed by atoms with E-state index < -0.39 is 23.8 Å². The van der Waals surface area contributed by atoms with Crippen molar-refractivity contribution in [2.24, 2.45) is 0 Å². The third kappa shape index (κ3) is 4.06. The fourth-order valence-electron chi connectivity index (χ4n) is 3.12. The minimum atomic E-state index is -1.01. The number of rotatable bonds is 8. The molecule has 0 spiro atoms. The van der Waals surface area contributed by atoms with Crippen molar-refractivity contribution in [2.45, 2.75) is 31.9 Å². The zero-order valence-electron chi connectivity index (χ0n) is 14.8. The number of carbonyl (C=O) groups is 3.